The standard InChI is InChI=1S/C29H34FN3O6S/c1-5-17-31-29(35)21(2)32(19-22-7-6-8-26(18-22)39-4)28(34)20-33(24-11-9-23(30)10-12-24)40(36,37)27-15-13-25(38-3)14-16-27/h6-16,18,21H,5,17,19-20H2,1-4H3,(H,31,35)/t21-/m0/s1. The van der Waals surface area contributed by atoms with Crippen LogP contribution >= 0.6 is 0 Å². The minimum absolute atomic E-state index is 0.0244. The van der Waals surface area contributed by atoms with Crippen LogP contribution in [0.1, 0.15) is 25.8 Å². The molecule has 0 heterocycles. The van der Waals surface area contributed by atoms with Gasteiger partial charge in [0, 0.05) is 13.1 Å². The highest BCUT2D eigenvalue weighted by molar-refractivity contribution is 7.92. The summed E-state index contributed by atoms with van der Waals surface area (Å²) in [5.41, 5.74) is 0.782. The van der Waals surface area contributed by atoms with Crippen molar-refractivity contribution in [2.24, 2.45) is 0 Å². The molecule has 0 aliphatic rings. The number of benzene rings is 3. The van der Waals surface area contributed by atoms with Crippen LogP contribution in [0, 0.1) is 5.82 Å². The van der Waals surface area contributed by atoms with Gasteiger partial charge in [-0.05, 0) is 79.6 Å². The molecule has 0 aromatic heterocycles. The molecule has 3 aromatic rings. The van der Waals surface area contributed by atoms with Gasteiger partial charge in [0.05, 0.1) is 24.8 Å². The molecule has 9 nitrogen and oxygen atoms in total. The van der Waals surface area contributed by atoms with E-state index in [0.29, 0.717) is 30.0 Å². The fourth-order valence-electron chi connectivity index (χ4n) is 3.96. The quantitative estimate of drug-likeness (QED) is 0.333. The van der Waals surface area contributed by atoms with Gasteiger partial charge >= 0.3 is 0 Å². The van der Waals surface area contributed by atoms with Crippen molar-refractivity contribution in [1.82, 2.24) is 10.2 Å². The monoisotopic (exact) mass is 571 g/mol. The minimum Gasteiger partial charge on any atom is -0.497 e. The Hall–Kier alpha value is -4.12. The molecule has 40 heavy (non-hydrogen) atoms. The van der Waals surface area contributed by atoms with Crippen molar-refractivity contribution in [3.05, 3.63) is 84.2 Å². The van der Waals surface area contributed by atoms with Gasteiger partial charge in [0.25, 0.3) is 10.0 Å². The number of rotatable bonds is 13. The molecule has 0 unspecified atom stereocenters. The number of hydrogen-bond acceptors (Lipinski definition) is 6. The van der Waals surface area contributed by atoms with Crippen molar-refractivity contribution in [3.8, 4) is 11.5 Å². The third kappa shape index (κ3) is 7.50. The lowest BCUT2D eigenvalue weighted by Crippen LogP contribution is -2.51. The first kappa shape index (κ1) is 30.4. The van der Waals surface area contributed by atoms with E-state index in [0.717, 1.165) is 16.4 Å². The van der Waals surface area contributed by atoms with Crippen molar-refractivity contribution in [2.75, 3.05) is 31.6 Å². The predicted molar refractivity (Wildman–Crippen MR) is 150 cm³/mol. The number of nitrogens with zero attached hydrogens (tertiary/aromatic N) is 2. The number of amides is 2. The molecule has 0 spiro atoms. The molecule has 1 atom stereocenters. The summed E-state index contributed by atoms with van der Waals surface area (Å²) in [6.07, 6.45) is 0.709. The van der Waals surface area contributed by atoms with Crippen LogP contribution in [0.25, 0.3) is 0 Å². The van der Waals surface area contributed by atoms with Crippen molar-refractivity contribution in [1.29, 1.82) is 0 Å². The van der Waals surface area contributed by atoms with Gasteiger partial charge in [0.15, 0.2) is 0 Å². The molecule has 0 saturated carbocycles. The van der Waals surface area contributed by atoms with Crippen molar-refractivity contribution in [3.63, 3.8) is 0 Å². The Morgan fingerprint density at radius 3 is 2.20 bits per heavy atom. The summed E-state index contributed by atoms with van der Waals surface area (Å²) in [4.78, 5) is 28.0. The van der Waals surface area contributed by atoms with Crippen LogP contribution in [0.4, 0.5) is 10.1 Å². The van der Waals surface area contributed by atoms with E-state index in [1.165, 1.54) is 55.5 Å². The van der Waals surface area contributed by atoms with E-state index in [4.69, 9.17) is 9.47 Å². The van der Waals surface area contributed by atoms with E-state index in [9.17, 15) is 22.4 Å². The first-order chi connectivity index (χ1) is 19.1. The summed E-state index contributed by atoms with van der Waals surface area (Å²) in [5.74, 6) is -0.520. The lowest BCUT2D eigenvalue weighted by Gasteiger charge is -2.32. The fraction of sp³-hybridized carbons (Fsp3) is 0.310. The molecule has 214 valence electrons. The first-order valence-corrected chi connectivity index (χ1v) is 14.2. The van der Waals surface area contributed by atoms with Gasteiger partial charge in [-0.15, -0.1) is 0 Å². The summed E-state index contributed by atoms with van der Waals surface area (Å²) in [6, 6.07) is 16.6. The molecule has 0 bridgehead atoms. The molecule has 0 radical (unpaired) electrons. The maximum Gasteiger partial charge on any atom is 0.264 e. The minimum atomic E-state index is -4.28. The number of halogens is 1. The van der Waals surface area contributed by atoms with E-state index in [1.807, 2.05) is 6.92 Å². The van der Waals surface area contributed by atoms with E-state index >= 15 is 0 Å². The second-order valence-electron chi connectivity index (χ2n) is 9.00. The van der Waals surface area contributed by atoms with Crippen LogP contribution in [0.2, 0.25) is 0 Å². The number of nitrogens with one attached hydrogen (secondary N) is 1. The van der Waals surface area contributed by atoms with Crippen LogP contribution in [-0.2, 0) is 26.2 Å². The van der Waals surface area contributed by atoms with Gasteiger partial charge in [-0.25, -0.2) is 12.8 Å². The van der Waals surface area contributed by atoms with E-state index in [2.05, 4.69) is 5.32 Å². The van der Waals surface area contributed by atoms with E-state index in [1.54, 1.807) is 31.2 Å². The van der Waals surface area contributed by atoms with E-state index in [-0.39, 0.29) is 23.0 Å². The summed E-state index contributed by atoms with van der Waals surface area (Å²) in [5, 5.41) is 2.79. The molecular weight excluding hydrogens is 537 g/mol. The Morgan fingerprint density at radius 2 is 1.60 bits per heavy atom. The number of methoxy groups -OCH3 is 2. The zero-order chi connectivity index (χ0) is 29.3. The SMILES string of the molecule is CCCNC(=O)[C@H](C)N(Cc1cccc(OC)c1)C(=O)CN(c1ccc(F)cc1)S(=O)(=O)c1ccc(OC)cc1. The molecule has 0 aliphatic carbocycles. The summed E-state index contributed by atoms with van der Waals surface area (Å²) < 4.78 is 52.6. The summed E-state index contributed by atoms with van der Waals surface area (Å²) in [7, 11) is -1.30. The summed E-state index contributed by atoms with van der Waals surface area (Å²) in [6.45, 7) is 3.32. The third-order valence-corrected chi connectivity index (χ3v) is 8.03. The van der Waals surface area contributed by atoms with Gasteiger partial charge in [0.2, 0.25) is 11.8 Å². The molecule has 11 heteroatoms. The first-order valence-electron chi connectivity index (χ1n) is 12.7. The zero-order valence-corrected chi connectivity index (χ0v) is 23.8. The van der Waals surface area contributed by atoms with E-state index < -0.39 is 34.3 Å². The van der Waals surface area contributed by atoms with Gasteiger partial charge in [0.1, 0.15) is 29.9 Å². The second-order valence-corrected chi connectivity index (χ2v) is 10.9. The lowest BCUT2D eigenvalue weighted by atomic mass is 10.1. The molecule has 3 rings (SSSR count). The topological polar surface area (TPSA) is 105 Å². The highest BCUT2D eigenvalue weighted by Crippen LogP contribution is 2.26. The number of anilines is 1. The second kappa shape index (κ2) is 13.8. The van der Waals surface area contributed by atoms with Crippen LogP contribution in [-0.4, -0.2) is 58.5 Å². The molecule has 0 aliphatic heterocycles. The Bertz CT molecular complexity index is 1400. The average molecular weight is 572 g/mol. The summed E-state index contributed by atoms with van der Waals surface area (Å²) >= 11 is 0. The molecule has 0 saturated heterocycles. The number of carbonyl (C=O) groups is 2. The maximum absolute atomic E-state index is 13.9. The Labute approximate surface area is 234 Å². The smallest absolute Gasteiger partial charge is 0.264 e. The van der Waals surface area contributed by atoms with Crippen LogP contribution < -0.4 is 19.1 Å². The van der Waals surface area contributed by atoms with Gasteiger partial charge in [-0.1, -0.05) is 19.1 Å². The van der Waals surface area contributed by atoms with Crippen molar-refractivity contribution >= 4 is 27.5 Å². The third-order valence-electron chi connectivity index (χ3n) is 6.24. The molecule has 1 N–H and O–H groups in total. The highest BCUT2D eigenvalue weighted by atomic mass is 32.2. The average Bonchev–Trinajstić information content (AvgIpc) is 2.97. The normalized spacial score (nSPS) is 11.8. The largest absolute Gasteiger partial charge is 0.497 e. The fourth-order valence-corrected chi connectivity index (χ4v) is 5.37. The zero-order valence-electron chi connectivity index (χ0n) is 23.0. The van der Waals surface area contributed by atoms with Crippen molar-refractivity contribution < 1.29 is 31.9 Å². The molecule has 0 fully saturated rings. The number of hydrogen-bond donors (Lipinski definition) is 1. The molecule has 2 amide bonds. The van der Waals surface area contributed by atoms with Crippen molar-refractivity contribution in [2.45, 2.75) is 37.8 Å². The van der Waals surface area contributed by atoms with Crippen LogP contribution in [0.3, 0.4) is 0 Å². The predicted octanol–water partition coefficient (Wildman–Crippen LogP) is 3.98. The number of ether oxygens (including phenoxy) is 2. The maximum atomic E-state index is 13.9. The van der Waals surface area contributed by atoms with Crippen LogP contribution in [0.15, 0.2) is 77.7 Å². The molecular formula is C29H34FN3O6S. The van der Waals surface area contributed by atoms with Gasteiger partial charge in [-0.3, -0.25) is 13.9 Å². The van der Waals surface area contributed by atoms with Crippen LogP contribution in [0.5, 0.6) is 11.5 Å². The number of sulfonamides is 1. The highest BCUT2D eigenvalue weighted by Gasteiger charge is 2.32. The van der Waals surface area contributed by atoms with Gasteiger partial charge < -0.3 is 19.7 Å². The Morgan fingerprint density at radius 1 is 0.950 bits per heavy atom. The van der Waals surface area contributed by atoms with Gasteiger partial charge in [-0.2, -0.15) is 0 Å². The Balaban J connectivity index is 2.02. The Kier molecular flexibility index (Phi) is 10.5. The number of carbonyl (C=O) groups excluding carboxylic acids is 2. The molecule has 3 aromatic carbocycles. The lowest BCUT2D eigenvalue weighted by molar-refractivity contribution is -0.139.